The van der Waals surface area contributed by atoms with E-state index in [2.05, 4.69) is 17.6 Å². The number of nitrogens with one attached hydrogen (secondary N) is 2. The summed E-state index contributed by atoms with van der Waals surface area (Å²) in [4.78, 5) is 31.7. The van der Waals surface area contributed by atoms with Gasteiger partial charge >= 0.3 is 0 Å². The zero-order valence-electron chi connectivity index (χ0n) is 20.8. The van der Waals surface area contributed by atoms with E-state index in [1.165, 1.54) is 17.4 Å². The lowest BCUT2D eigenvalue weighted by molar-refractivity contribution is -0.143. The quantitative estimate of drug-likeness (QED) is 0.396. The van der Waals surface area contributed by atoms with Crippen LogP contribution in [0.4, 0.5) is 10.8 Å². The predicted molar refractivity (Wildman–Crippen MR) is 138 cm³/mol. The lowest BCUT2D eigenvalue weighted by atomic mass is 9.47. The first-order valence-corrected chi connectivity index (χ1v) is 13.6. The highest BCUT2D eigenvalue weighted by atomic mass is 32.1. The Morgan fingerprint density at radius 2 is 1.97 bits per heavy atom. The molecule has 9 heteroatoms. The van der Waals surface area contributed by atoms with E-state index >= 15 is 0 Å². The minimum absolute atomic E-state index is 0.00442. The number of aliphatic hydroxyl groups excluding tert-OH is 2. The summed E-state index contributed by atoms with van der Waals surface area (Å²) < 4.78 is 0. The Morgan fingerprint density at radius 3 is 2.64 bits per heavy atom. The first kappa shape index (κ1) is 25.2. The van der Waals surface area contributed by atoms with Crippen molar-refractivity contribution in [1.82, 2.24) is 4.98 Å². The molecule has 8 nitrogen and oxygen atoms in total. The molecular weight excluding hydrogens is 478 g/mol. The number of amides is 2. The summed E-state index contributed by atoms with van der Waals surface area (Å²) in [6.07, 6.45) is 4.32. The standard InChI is InChI=1S/C27H35N3O5S/c1-26-10-9-21(33)27(2,14-31)20(26)13-19-23(29-25(36-19)30-24(35)15-5-3-6-15)18(26)12-22(34)28-16-7-4-8-17(32)11-16/h4,7-8,11,15,18,20-21,31-33H,3,5-6,9-10,12-14H2,1-2H3,(H,28,34)(H,29,30,35)/t18-,20+,21-,26+,27+/m1/s1. The van der Waals surface area contributed by atoms with Crippen molar-refractivity contribution in [3.05, 3.63) is 34.8 Å². The molecule has 36 heavy (non-hydrogen) atoms. The van der Waals surface area contributed by atoms with Crippen LogP contribution in [-0.2, 0) is 16.0 Å². The molecule has 2 amide bonds. The number of hydrogen-bond acceptors (Lipinski definition) is 7. The van der Waals surface area contributed by atoms with Crippen molar-refractivity contribution in [1.29, 1.82) is 0 Å². The number of phenols is 1. The average molecular weight is 514 g/mol. The van der Waals surface area contributed by atoms with E-state index in [-0.39, 0.29) is 53.8 Å². The van der Waals surface area contributed by atoms with Crippen molar-refractivity contribution in [3.8, 4) is 5.75 Å². The van der Waals surface area contributed by atoms with Crippen molar-refractivity contribution in [2.24, 2.45) is 22.7 Å². The van der Waals surface area contributed by atoms with Gasteiger partial charge in [-0.1, -0.05) is 26.3 Å². The molecular formula is C27H35N3O5S. The topological polar surface area (TPSA) is 132 Å². The number of aliphatic hydroxyl groups is 2. The van der Waals surface area contributed by atoms with E-state index in [0.29, 0.717) is 30.1 Å². The highest BCUT2D eigenvalue weighted by Gasteiger charge is 2.59. The molecule has 0 bridgehead atoms. The van der Waals surface area contributed by atoms with Gasteiger partial charge in [-0.2, -0.15) is 0 Å². The molecule has 0 saturated heterocycles. The molecule has 5 rings (SSSR count). The van der Waals surface area contributed by atoms with Crippen LogP contribution in [0.1, 0.15) is 68.9 Å². The molecule has 0 aliphatic heterocycles. The summed E-state index contributed by atoms with van der Waals surface area (Å²) in [5.74, 6) is -0.366. The molecule has 5 atom stereocenters. The van der Waals surface area contributed by atoms with Crippen molar-refractivity contribution < 1.29 is 24.9 Å². The van der Waals surface area contributed by atoms with Gasteiger partial charge in [0.15, 0.2) is 5.13 Å². The van der Waals surface area contributed by atoms with Gasteiger partial charge in [0.25, 0.3) is 0 Å². The second-order valence-electron chi connectivity index (χ2n) is 11.3. The summed E-state index contributed by atoms with van der Waals surface area (Å²) in [6, 6.07) is 6.46. The van der Waals surface area contributed by atoms with Crippen LogP contribution in [0.2, 0.25) is 0 Å². The van der Waals surface area contributed by atoms with Gasteiger partial charge in [-0.3, -0.25) is 9.59 Å². The van der Waals surface area contributed by atoms with Gasteiger partial charge in [-0.15, -0.1) is 11.3 Å². The van der Waals surface area contributed by atoms with Crippen LogP contribution in [0.15, 0.2) is 24.3 Å². The summed E-state index contributed by atoms with van der Waals surface area (Å²) >= 11 is 1.45. The van der Waals surface area contributed by atoms with E-state index < -0.39 is 11.5 Å². The summed E-state index contributed by atoms with van der Waals surface area (Å²) in [5, 5.41) is 37.5. The van der Waals surface area contributed by atoms with Crippen LogP contribution in [0, 0.1) is 22.7 Å². The number of carbonyl (C=O) groups excluding carboxylic acids is 2. The van der Waals surface area contributed by atoms with Gasteiger partial charge in [-0.05, 0) is 55.6 Å². The summed E-state index contributed by atoms with van der Waals surface area (Å²) in [5.41, 5.74) is 0.279. The number of hydrogen-bond donors (Lipinski definition) is 5. The van der Waals surface area contributed by atoms with E-state index in [1.807, 2.05) is 6.92 Å². The van der Waals surface area contributed by atoms with E-state index in [0.717, 1.165) is 29.8 Å². The van der Waals surface area contributed by atoms with Crippen molar-refractivity contribution >= 4 is 34.0 Å². The Morgan fingerprint density at radius 1 is 1.19 bits per heavy atom. The number of thiazole rings is 1. The van der Waals surface area contributed by atoms with Gasteiger partial charge in [0.2, 0.25) is 11.8 Å². The normalized spacial score (nSPS) is 31.6. The molecule has 0 spiro atoms. The molecule has 194 valence electrons. The third kappa shape index (κ3) is 4.31. The molecule has 3 aliphatic rings. The third-order valence-electron chi connectivity index (χ3n) is 9.12. The summed E-state index contributed by atoms with van der Waals surface area (Å²) in [6.45, 7) is 3.95. The number of rotatable bonds is 6. The number of phenolic OH excluding ortho intramolecular Hbond substituents is 1. The highest BCUT2D eigenvalue weighted by Crippen LogP contribution is 2.62. The maximum absolute atomic E-state index is 13.2. The SMILES string of the molecule is C[C@]1(CO)[C@H]2Cc3sc(NC(=O)C4CCC4)nc3[C@@H](CC(=O)Nc3cccc(O)c3)[C@]2(C)CC[C@H]1O. The van der Waals surface area contributed by atoms with Crippen LogP contribution < -0.4 is 10.6 Å². The average Bonchev–Trinajstić information content (AvgIpc) is 3.18. The van der Waals surface area contributed by atoms with Crippen LogP contribution in [0.25, 0.3) is 0 Å². The Hall–Kier alpha value is -2.49. The Bertz CT molecular complexity index is 1160. The smallest absolute Gasteiger partial charge is 0.229 e. The second-order valence-corrected chi connectivity index (χ2v) is 12.4. The van der Waals surface area contributed by atoms with E-state index in [4.69, 9.17) is 4.98 Å². The van der Waals surface area contributed by atoms with Crippen LogP contribution in [0.5, 0.6) is 5.75 Å². The molecule has 1 heterocycles. The van der Waals surface area contributed by atoms with Crippen molar-refractivity contribution in [3.63, 3.8) is 0 Å². The fourth-order valence-electron chi connectivity index (χ4n) is 6.56. The largest absolute Gasteiger partial charge is 0.508 e. The minimum atomic E-state index is -0.704. The zero-order chi connectivity index (χ0) is 25.7. The Labute approximate surface area is 215 Å². The van der Waals surface area contributed by atoms with Gasteiger partial charge in [-0.25, -0.2) is 4.98 Å². The number of anilines is 2. The number of aromatic hydroxyl groups is 1. The molecule has 0 unspecified atom stereocenters. The second kappa shape index (κ2) is 9.43. The Kier molecular flexibility index (Phi) is 6.59. The minimum Gasteiger partial charge on any atom is -0.508 e. The lowest BCUT2D eigenvalue weighted by Crippen LogP contribution is -2.57. The lowest BCUT2D eigenvalue weighted by Gasteiger charge is -2.58. The molecule has 5 N–H and O–H groups in total. The fourth-order valence-corrected chi connectivity index (χ4v) is 7.63. The third-order valence-corrected chi connectivity index (χ3v) is 10.1. The van der Waals surface area contributed by atoms with Gasteiger partial charge in [0, 0.05) is 40.3 Å². The van der Waals surface area contributed by atoms with E-state index in [9.17, 15) is 24.9 Å². The molecule has 2 aromatic rings. The zero-order valence-corrected chi connectivity index (χ0v) is 21.6. The van der Waals surface area contributed by atoms with Gasteiger partial charge in [0.1, 0.15) is 5.75 Å². The predicted octanol–water partition coefficient (Wildman–Crippen LogP) is 4.03. The number of benzene rings is 1. The molecule has 0 radical (unpaired) electrons. The number of nitrogens with zero attached hydrogens (tertiary/aromatic N) is 1. The number of carbonyl (C=O) groups is 2. The number of fused-ring (bicyclic) bond motifs is 2. The molecule has 2 fully saturated rings. The van der Waals surface area contributed by atoms with Gasteiger partial charge in [0.05, 0.1) is 18.4 Å². The molecule has 1 aromatic carbocycles. The monoisotopic (exact) mass is 513 g/mol. The van der Waals surface area contributed by atoms with Crippen LogP contribution in [0.3, 0.4) is 0 Å². The van der Waals surface area contributed by atoms with Crippen LogP contribution in [-0.4, -0.2) is 44.8 Å². The van der Waals surface area contributed by atoms with E-state index in [1.54, 1.807) is 18.2 Å². The maximum atomic E-state index is 13.2. The van der Waals surface area contributed by atoms with Crippen molar-refractivity contribution in [2.45, 2.75) is 70.8 Å². The first-order chi connectivity index (χ1) is 17.1. The highest BCUT2D eigenvalue weighted by molar-refractivity contribution is 7.15. The molecule has 1 aromatic heterocycles. The maximum Gasteiger partial charge on any atom is 0.229 e. The van der Waals surface area contributed by atoms with Crippen LogP contribution >= 0.6 is 11.3 Å². The number of aromatic nitrogens is 1. The molecule has 2 saturated carbocycles. The Balaban J connectivity index is 1.48. The first-order valence-electron chi connectivity index (χ1n) is 12.8. The fraction of sp³-hybridized carbons (Fsp3) is 0.593. The molecule has 3 aliphatic carbocycles. The summed E-state index contributed by atoms with van der Waals surface area (Å²) in [7, 11) is 0. The van der Waals surface area contributed by atoms with Gasteiger partial charge < -0.3 is 26.0 Å². The van der Waals surface area contributed by atoms with Crippen molar-refractivity contribution in [2.75, 3.05) is 17.2 Å².